The van der Waals surface area contributed by atoms with E-state index in [2.05, 4.69) is 14.6 Å². The summed E-state index contributed by atoms with van der Waals surface area (Å²) in [5.74, 6) is 1.23. The Morgan fingerprint density at radius 3 is 2.69 bits per heavy atom. The van der Waals surface area contributed by atoms with E-state index in [1.807, 2.05) is 12.1 Å². The van der Waals surface area contributed by atoms with E-state index in [0.29, 0.717) is 11.5 Å². The van der Waals surface area contributed by atoms with Crippen LogP contribution in [0.25, 0.3) is 28.3 Å². The normalized spacial score (nSPS) is 13.9. The number of imidazole rings is 2. The summed E-state index contributed by atoms with van der Waals surface area (Å²) >= 11 is 0. The molecule has 26 heavy (non-hydrogen) atoms. The van der Waals surface area contributed by atoms with Crippen molar-refractivity contribution in [1.82, 2.24) is 24.1 Å². The standard InChI is InChI=1S/C19H17FN6/c20-13-6-4-12(5-7-13)18-19(25-10-2-1-3-16(25)23-18)14-8-9-17-22-15(21)11-26(17)24-14/h4-9,11H,1-3,10,21H2. The number of nitrogens with zero attached hydrogens (tertiary/aromatic N) is 5. The predicted molar refractivity (Wildman–Crippen MR) is 97.0 cm³/mol. The van der Waals surface area contributed by atoms with Crippen molar-refractivity contribution in [2.45, 2.75) is 25.8 Å². The zero-order valence-electron chi connectivity index (χ0n) is 14.1. The molecule has 0 bridgehead atoms. The van der Waals surface area contributed by atoms with Crippen LogP contribution in [0.5, 0.6) is 0 Å². The number of nitrogens with two attached hydrogens (primary N) is 1. The van der Waals surface area contributed by atoms with Crippen LogP contribution < -0.4 is 5.73 Å². The molecule has 130 valence electrons. The van der Waals surface area contributed by atoms with Gasteiger partial charge in [-0.15, -0.1) is 0 Å². The highest BCUT2D eigenvalue weighted by Crippen LogP contribution is 2.34. The van der Waals surface area contributed by atoms with Gasteiger partial charge in [-0.05, 0) is 49.2 Å². The highest BCUT2D eigenvalue weighted by Gasteiger charge is 2.23. The molecule has 0 saturated carbocycles. The fraction of sp³-hybridized carbons (Fsp3) is 0.211. The summed E-state index contributed by atoms with van der Waals surface area (Å²) < 4.78 is 17.3. The minimum atomic E-state index is -0.257. The summed E-state index contributed by atoms with van der Waals surface area (Å²) in [4.78, 5) is 9.09. The average Bonchev–Trinajstić information content (AvgIpc) is 3.21. The lowest BCUT2D eigenvalue weighted by Crippen LogP contribution is -2.12. The van der Waals surface area contributed by atoms with Crippen molar-refractivity contribution in [2.75, 3.05) is 5.73 Å². The van der Waals surface area contributed by atoms with Gasteiger partial charge in [0, 0.05) is 18.5 Å². The number of aryl methyl sites for hydroxylation is 1. The Kier molecular flexibility index (Phi) is 3.28. The highest BCUT2D eigenvalue weighted by atomic mass is 19.1. The fourth-order valence-electron chi connectivity index (χ4n) is 3.58. The largest absolute Gasteiger partial charge is 0.382 e. The van der Waals surface area contributed by atoms with Crippen LogP contribution in [0, 0.1) is 5.82 Å². The van der Waals surface area contributed by atoms with Crippen LogP contribution in [-0.2, 0) is 13.0 Å². The molecule has 0 atom stereocenters. The molecule has 0 amide bonds. The maximum atomic E-state index is 13.4. The van der Waals surface area contributed by atoms with Crippen molar-refractivity contribution in [3.05, 3.63) is 54.2 Å². The van der Waals surface area contributed by atoms with Gasteiger partial charge in [0.1, 0.15) is 23.2 Å². The summed E-state index contributed by atoms with van der Waals surface area (Å²) in [6, 6.07) is 10.3. The summed E-state index contributed by atoms with van der Waals surface area (Å²) in [6.45, 7) is 0.907. The maximum Gasteiger partial charge on any atom is 0.156 e. The molecule has 1 aliphatic rings. The van der Waals surface area contributed by atoms with Gasteiger partial charge in [-0.2, -0.15) is 5.10 Å². The number of nitrogen functional groups attached to an aromatic ring is 1. The third-order valence-electron chi connectivity index (χ3n) is 4.78. The molecule has 0 fully saturated rings. The Labute approximate surface area is 149 Å². The summed E-state index contributed by atoms with van der Waals surface area (Å²) in [7, 11) is 0. The summed E-state index contributed by atoms with van der Waals surface area (Å²) in [5, 5.41) is 4.69. The Morgan fingerprint density at radius 2 is 1.85 bits per heavy atom. The second-order valence-electron chi connectivity index (χ2n) is 6.53. The van der Waals surface area contributed by atoms with E-state index in [4.69, 9.17) is 10.7 Å². The summed E-state index contributed by atoms with van der Waals surface area (Å²) in [5.41, 5.74) is 9.96. The Morgan fingerprint density at radius 1 is 1.00 bits per heavy atom. The van der Waals surface area contributed by atoms with Crippen molar-refractivity contribution >= 4 is 11.5 Å². The molecule has 0 aliphatic carbocycles. The molecule has 4 aromatic rings. The molecule has 2 N–H and O–H groups in total. The number of hydrogen-bond acceptors (Lipinski definition) is 4. The van der Waals surface area contributed by atoms with E-state index >= 15 is 0 Å². The molecular weight excluding hydrogens is 331 g/mol. The van der Waals surface area contributed by atoms with Crippen LogP contribution in [-0.4, -0.2) is 24.1 Å². The molecule has 0 radical (unpaired) electrons. The van der Waals surface area contributed by atoms with Crippen LogP contribution in [0.4, 0.5) is 10.2 Å². The van der Waals surface area contributed by atoms with E-state index < -0.39 is 0 Å². The van der Waals surface area contributed by atoms with E-state index in [9.17, 15) is 4.39 Å². The number of hydrogen-bond donors (Lipinski definition) is 1. The summed E-state index contributed by atoms with van der Waals surface area (Å²) in [6.07, 6.45) is 4.88. The van der Waals surface area contributed by atoms with Crippen molar-refractivity contribution in [3.63, 3.8) is 0 Å². The third-order valence-corrected chi connectivity index (χ3v) is 4.78. The first-order valence-corrected chi connectivity index (χ1v) is 8.67. The average molecular weight is 348 g/mol. The lowest BCUT2D eigenvalue weighted by atomic mass is 10.1. The van der Waals surface area contributed by atoms with E-state index in [0.717, 1.165) is 54.3 Å². The van der Waals surface area contributed by atoms with Gasteiger partial charge in [-0.25, -0.2) is 18.9 Å². The Balaban J connectivity index is 1.75. The van der Waals surface area contributed by atoms with Gasteiger partial charge in [0.15, 0.2) is 5.65 Å². The smallest absolute Gasteiger partial charge is 0.156 e. The monoisotopic (exact) mass is 348 g/mol. The van der Waals surface area contributed by atoms with E-state index in [-0.39, 0.29) is 5.82 Å². The van der Waals surface area contributed by atoms with Gasteiger partial charge < -0.3 is 10.3 Å². The lowest BCUT2D eigenvalue weighted by Gasteiger charge is -2.16. The van der Waals surface area contributed by atoms with Gasteiger partial charge in [0.25, 0.3) is 0 Å². The van der Waals surface area contributed by atoms with Crippen molar-refractivity contribution in [3.8, 4) is 22.6 Å². The first-order valence-electron chi connectivity index (χ1n) is 8.67. The van der Waals surface area contributed by atoms with Crippen molar-refractivity contribution in [1.29, 1.82) is 0 Å². The first-order chi connectivity index (χ1) is 12.7. The van der Waals surface area contributed by atoms with Gasteiger partial charge in [-0.3, -0.25) is 0 Å². The number of aromatic nitrogens is 5. The van der Waals surface area contributed by atoms with Crippen LogP contribution in [0.2, 0.25) is 0 Å². The van der Waals surface area contributed by atoms with Crippen molar-refractivity contribution in [2.24, 2.45) is 0 Å². The number of rotatable bonds is 2. The Bertz CT molecular complexity index is 1110. The third kappa shape index (κ3) is 2.35. The van der Waals surface area contributed by atoms with Crippen LogP contribution >= 0.6 is 0 Å². The van der Waals surface area contributed by atoms with E-state index in [1.54, 1.807) is 22.8 Å². The van der Waals surface area contributed by atoms with Crippen LogP contribution in [0.3, 0.4) is 0 Å². The molecular formula is C19H17FN6. The SMILES string of the molecule is Nc1cn2nc(-c3c(-c4ccc(F)cc4)nc4n3CCCC4)ccc2n1. The van der Waals surface area contributed by atoms with Gasteiger partial charge >= 0.3 is 0 Å². The molecule has 1 aromatic carbocycles. The second-order valence-corrected chi connectivity index (χ2v) is 6.53. The number of fused-ring (bicyclic) bond motifs is 2. The number of anilines is 1. The molecule has 7 heteroatoms. The van der Waals surface area contributed by atoms with Crippen LogP contribution in [0.15, 0.2) is 42.6 Å². The molecule has 6 nitrogen and oxygen atoms in total. The zero-order chi connectivity index (χ0) is 17.7. The van der Waals surface area contributed by atoms with Gasteiger partial charge in [0.05, 0.1) is 17.6 Å². The lowest BCUT2D eigenvalue weighted by molar-refractivity contribution is 0.525. The fourth-order valence-corrected chi connectivity index (χ4v) is 3.58. The Hall–Kier alpha value is -3.22. The molecule has 0 spiro atoms. The topological polar surface area (TPSA) is 74.0 Å². The molecule has 4 heterocycles. The number of halogens is 1. The molecule has 0 saturated heterocycles. The van der Waals surface area contributed by atoms with E-state index in [1.165, 1.54) is 12.1 Å². The minimum Gasteiger partial charge on any atom is -0.382 e. The van der Waals surface area contributed by atoms with Crippen LogP contribution in [0.1, 0.15) is 18.7 Å². The minimum absolute atomic E-state index is 0.257. The van der Waals surface area contributed by atoms with Gasteiger partial charge in [0.2, 0.25) is 0 Å². The molecule has 1 aliphatic heterocycles. The quantitative estimate of drug-likeness (QED) is 0.603. The molecule has 0 unspecified atom stereocenters. The predicted octanol–water partition coefficient (Wildman–Crippen LogP) is 3.32. The maximum absolute atomic E-state index is 13.4. The first kappa shape index (κ1) is 15.1. The highest BCUT2D eigenvalue weighted by molar-refractivity contribution is 5.77. The number of benzene rings is 1. The molecule has 3 aromatic heterocycles. The van der Waals surface area contributed by atoms with Gasteiger partial charge in [-0.1, -0.05) is 0 Å². The zero-order valence-corrected chi connectivity index (χ0v) is 14.1. The van der Waals surface area contributed by atoms with Crippen molar-refractivity contribution < 1.29 is 4.39 Å². The second kappa shape index (κ2) is 5.66. The molecule has 5 rings (SSSR count).